The number of rotatable bonds is 6. The zero-order chi connectivity index (χ0) is 24.8. The molecule has 0 heterocycles. The van der Waals surface area contributed by atoms with Crippen LogP contribution in [0.1, 0.15) is 139 Å². The Morgan fingerprint density at radius 3 is 2.12 bits per heavy atom. The van der Waals surface area contributed by atoms with Gasteiger partial charge in [-0.05, 0) is 124 Å². The van der Waals surface area contributed by atoms with Gasteiger partial charge in [0.05, 0.1) is 6.10 Å². The smallest absolute Gasteiger partial charge is 0.0543 e. The fraction of sp³-hybridized carbons (Fsp3) is 0.938. The van der Waals surface area contributed by atoms with Gasteiger partial charge in [-0.3, -0.25) is 0 Å². The van der Waals surface area contributed by atoms with Crippen LogP contribution in [-0.4, -0.2) is 11.2 Å². The van der Waals surface area contributed by atoms with Crippen LogP contribution in [0.15, 0.2) is 12.2 Å². The number of hydrogen-bond acceptors (Lipinski definition) is 1. The first kappa shape index (κ1) is 28.9. The molecule has 0 aliphatic heterocycles. The molecule has 0 saturated heterocycles. The summed E-state index contributed by atoms with van der Waals surface area (Å²) in [6, 6.07) is 0. The number of aliphatic hydroxyl groups is 1. The van der Waals surface area contributed by atoms with E-state index in [-0.39, 0.29) is 6.10 Å². The van der Waals surface area contributed by atoms with Crippen LogP contribution >= 0.6 is 0 Å². The minimum atomic E-state index is -0.0259. The van der Waals surface area contributed by atoms with Gasteiger partial charge in [0.25, 0.3) is 0 Å². The van der Waals surface area contributed by atoms with E-state index in [1.165, 1.54) is 76.2 Å². The van der Waals surface area contributed by atoms with Gasteiger partial charge in [0.1, 0.15) is 0 Å². The predicted octanol–water partition coefficient (Wildman–Crippen LogP) is 9.83. The first-order valence-corrected chi connectivity index (χ1v) is 15.1. The lowest BCUT2D eigenvalue weighted by Crippen LogP contribution is -2.56. The highest BCUT2D eigenvalue weighted by Gasteiger charge is 2.61. The molecule has 4 rings (SSSR count). The molecule has 0 bridgehead atoms. The quantitative estimate of drug-likeness (QED) is 0.391. The monoisotopic (exact) mass is 460 g/mol. The topological polar surface area (TPSA) is 20.2 Å². The van der Waals surface area contributed by atoms with Crippen LogP contribution in [-0.2, 0) is 0 Å². The van der Waals surface area contributed by atoms with Crippen molar-refractivity contribution in [2.45, 2.75) is 145 Å². The van der Waals surface area contributed by atoms with E-state index in [4.69, 9.17) is 0 Å². The lowest BCUT2D eigenvalue weighted by atomic mass is 9.42. The van der Waals surface area contributed by atoms with Gasteiger partial charge < -0.3 is 5.11 Å². The van der Waals surface area contributed by atoms with Gasteiger partial charge >= 0.3 is 0 Å². The first-order valence-electron chi connectivity index (χ1n) is 15.1. The Balaban J connectivity index is 0.000000914. The minimum absolute atomic E-state index is 0.0259. The average molecular weight is 461 g/mol. The van der Waals surface area contributed by atoms with Crippen LogP contribution in [0, 0.1) is 46.3 Å². The van der Waals surface area contributed by atoms with E-state index in [0.717, 1.165) is 48.3 Å². The molecule has 194 valence electrons. The number of hydrogen-bond donors (Lipinski definition) is 1. The van der Waals surface area contributed by atoms with Crippen molar-refractivity contribution < 1.29 is 5.11 Å². The average Bonchev–Trinajstić information content (AvgIpc) is 3.14. The van der Waals surface area contributed by atoms with Gasteiger partial charge in [0, 0.05) is 0 Å². The highest BCUT2D eigenvalue weighted by atomic mass is 16.3. The summed E-state index contributed by atoms with van der Waals surface area (Å²) in [5.41, 5.74) is 2.47. The molecule has 0 spiro atoms. The maximum Gasteiger partial charge on any atom is 0.0543 e. The summed E-state index contributed by atoms with van der Waals surface area (Å²) in [6.45, 7) is 22.1. The number of aliphatic hydroxyl groups excluding tert-OH is 1. The van der Waals surface area contributed by atoms with Crippen molar-refractivity contribution in [2.24, 2.45) is 46.3 Å². The van der Waals surface area contributed by atoms with E-state index in [9.17, 15) is 5.11 Å². The molecule has 0 amide bonds. The van der Waals surface area contributed by atoms with E-state index in [0.29, 0.717) is 10.8 Å². The molecule has 4 saturated carbocycles. The van der Waals surface area contributed by atoms with Gasteiger partial charge in [-0.15, -0.1) is 6.58 Å². The third-order valence-electron chi connectivity index (χ3n) is 10.8. The molecule has 4 aliphatic carbocycles. The van der Waals surface area contributed by atoms with Crippen LogP contribution in [0.3, 0.4) is 0 Å². The molecule has 9 atom stereocenters. The van der Waals surface area contributed by atoms with Gasteiger partial charge in [0.2, 0.25) is 0 Å². The largest absolute Gasteiger partial charge is 0.393 e. The molecule has 0 aromatic heterocycles. The van der Waals surface area contributed by atoms with Crippen LogP contribution in [0.4, 0.5) is 0 Å². The second-order valence-corrected chi connectivity index (χ2v) is 12.4. The molecule has 1 N–H and O–H groups in total. The minimum Gasteiger partial charge on any atom is -0.393 e. The zero-order valence-corrected chi connectivity index (χ0v) is 23.9. The molecule has 4 fully saturated rings. The van der Waals surface area contributed by atoms with Crippen molar-refractivity contribution in [3.8, 4) is 0 Å². The second-order valence-electron chi connectivity index (χ2n) is 12.4. The maximum atomic E-state index is 10.5. The van der Waals surface area contributed by atoms with Crippen molar-refractivity contribution in [2.75, 3.05) is 0 Å². The highest BCUT2D eigenvalue weighted by molar-refractivity contribution is 5.10. The maximum absolute atomic E-state index is 10.5. The van der Waals surface area contributed by atoms with Crippen molar-refractivity contribution in [3.63, 3.8) is 0 Å². The van der Waals surface area contributed by atoms with Gasteiger partial charge in [-0.2, -0.15) is 0 Å². The lowest BCUT2D eigenvalue weighted by Gasteiger charge is -2.63. The third-order valence-corrected chi connectivity index (χ3v) is 10.8. The molecule has 33 heavy (non-hydrogen) atoms. The fourth-order valence-electron chi connectivity index (χ4n) is 9.41. The lowest BCUT2D eigenvalue weighted by molar-refractivity contribution is -0.151. The molecule has 4 aliphatic rings. The molecule has 0 aromatic rings. The summed E-state index contributed by atoms with van der Waals surface area (Å²) in [6.07, 6.45) is 17.5. The number of fused-ring (bicyclic) bond motifs is 5. The molecule has 0 aromatic carbocycles. The van der Waals surface area contributed by atoms with Crippen LogP contribution in [0.5, 0.6) is 0 Å². The summed E-state index contributed by atoms with van der Waals surface area (Å²) in [4.78, 5) is 0. The fourth-order valence-corrected chi connectivity index (χ4v) is 9.41. The molecule has 1 nitrogen and oxygen atoms in total. The zero-order valence-electron chi connectivity index (χ0n) is 23.9. The SMILES string of the molecule is C=C(C)CCCC1CCC2C3C[C@H](CCC)C4C[C@H](O)CCC4(C)C3CCC12C.CC.CC. The van der Waals surface area contributed by atoms with E-state index in [1.54, 1.807) is 0 Å². The highest BCUT2D eigenvalue weighted by Crippen LogP contribution is 2.69. The first-order chi connectivity index (χ1) is 15.8. The van der Waals surface area contributed by atoms with E-state index in [1.807, 2.05) is 27.7 Å². The number of allylic oxidation sites excluding steroid dienone is 1. The molecular weight excluding hydrogens is 400 g/mol. The standard InChI is InChI=1S/C28H48O.2C2H6/c1-6-8-20-17-23-24-12-11-21(10-7-9-19(2)3)27(24,4)16-14-25(23)28(5)15-13-22(29)18-26(20)28;2*1-2/h20-26,29H,2,6-18H2,1,3-5H3;2*1-2H3/t20-,21?,22+,23?,24?,25?,26?,27?,28?;;/m0../s1. The van der Waals surface area contributed by atoms with Crippen LogP contribution in [0.25, 0.3) is 0 Å². The van der Waals surface area contributed by atoms with Gasteiger partial charge in [-0.1, -0.05) is 66.9 Å². The summed E-state index contributed by atoms with van der Waals surface area (Å²) in [5.74, 6) is 5.47. The summed E-state index contributed by atoms with van der Waals surface area (Å²) >= 11 is 0. The Bertz CT molecular complexity index is 595. The second kappa shape index (κ2) is 12.6. The normalized spacial score (nSPS) is 43.6. The third kappa shape index (κ3) is 5.76. The van der Waals surface area contributed by atoms with E-state index >= 15 is 0 Å². The molecular formula is C32H60O. The summed E-state index contributed by atoms with van der Waals surface area (Å²) in [5, 5.41) is 10.5. The van der Waals surface area contributed by atoms with Gasteiger partial charge in [0.15, 0.2) is 0 Å². The van der Waals surface area contributed by atoms with Crippen molar-refractivity contribution in [3.05, 3.63) is 12.2 Å². The van der Waals surface area contributed by atoms with Crippen LogP contribution < -0.4 is 0 Å². The van der Waals surface area contributed by atoms with E-state index < -0.39 is 0 Å². The van der Waals surface area contributed by atoms with Crippen molar-refractivity contribution in [1.29, 1.82) is 0 Å². The Labute approximate surface area is 208 Å². The van der Waals surface area contributed by atoms with E-state index in [2.05, 4.69) is 34.3 Å². The molecule has 0 radical (unpaired) electrons. The Hall–Kier alpha value is -0.300. The summed E-state index contributed by atoms with van der Waals surface area (Å²) in [7, 11) is 0. The predicted molar refractivity (Wildman–Crippen MR) is 146 cm³/mol. The Morgan fingerprint density at radius 1 is 0.848 bits per heavy atom. The molecule has 7 unspecified atom stereocenters. The van der Waals surface area contributed by atoms with Crippen molar-refractivity contribution >= 4 is 0 Å². The van der Waals surface area contributed by atoms with Crippen molar-refractivity contribution in [1.82, 2.24) is 0 Å². The Morgan fingerprint density at radius 2 is 1.48 bits per heavy atom. The Kier molecular flexibility index (Phi) is 11.0. The van der Waals surface area contributed by atoms with Crippen LogP contribution in [0.2, 0.25) is 0 Å². The van der Waals surface area contributed by atoms with Gasteiger partial charge in [-0.25, -0.2) is 0 Å². The summed E-state index contributed by atoms with van der Waals surface area (Å²) < 4.78 is 0. The molecule has 1 heteroatoms.